The van der Waals surface area contributed by atoms with Gasteiger partial charge in [-0.3, -0.25) is 0 Å². The van der Waals surface area contributed by atoms with Crippen LogP contribution in [0.4, 0.5) is 13.2 Å². The molecule has 0 bridgehead atoms. The summed E-state index contributed by atoms with van der Waals surface area (Å²) in [5, 5.41) is 2.96. The predicted molar refractivity (Wildman–Crippen MR) is 73.1 cm³/mol. The first-order valence-electron chi connectivity index (χ1n) is 6.47. The van der Waals surface area contributed by atoms with Gasteiger partial charge < -0.3 is 19.5 Å². The van der Waals surface area contributed by atoms with Crippen molar-refractivity contribution in [3.63, 3.8) is 0 Å². The number of methoxy groups -OCH3 is 3. The molecule has 0 spiro atoms. The number of benzene rings is 1. The number of hydrogen-bond acceptors (Lipinski definition) is 4. The first-order chi connectivity index (χ1) is 9.91. The van der Waals surface area contributed by atoms with E-state index in [1.807, 2.05) is 0 Å². The number of ether oxygens (including phenoxy) is 3. The molecule has 0 aliphatic rings. The van der Waals surface area contributed by atoms with Gasteiger partial charge >= 0.3 is 6.18 Å². The minimum atomic E-state index is -4.11. The highest BCUT2D eigenvalue weighted by molar-refractivity contribution is 5.50. The predicted octanol–water partition coefficient (Wildman–Crippen LogP) is 3.14. The Balaban J connectivity index is 2.61. The Hall–Kier alpha value is -1.63. The van der Waals surface area contributed by atoms with Crippen molar-refractivity contribution in [2.24, 2.45) is 0 Å². The molecule has 1 rings (SSSR count). The standard InChI is InChI=1S/C14H20F3NO3/c1-19-11-8-13(21-3)12(20-2)7-10(11)9-18-6-4-5-14(15,16)17/h7-8,18H,4-6,9H2,1-3H3. The van der Waals surface area contributed by atoms with Crippen LogP contribution >= 0.6 is 0 Å². The van der Waals surface area contributed by atoms with Crippen molar-refractivity contribution in [1.29, 1.82) is 0 Å². The smallest absolute Gasteiger partial charge is 0.389 e. The third-order valence-electron chi connectivity index (χ3n) is 2.92. The van der Waals surface area contributed by atoms with E-state index in [2.05, 4.69) is 5.32 Å². The highest BCUT2D eigenvalue weighted by Crippen LogP contribution is 2.34. The summed E-state index contributed by atoms with van der Waals surface area (Å²) in [6.07, 6.45) is -4.86. The lowest BCUT2D eigenvalue weighted by atomic mass is 10.1. The molecule has 4 nitrogen and oxygen atoms in total. The molecular weight excluding hydrogens is 287 g/mol. The van der Waals surface area contributed by atoms with Crippen LogP contribution in [0, 0.1) is 0 Å². The lowest BCUT2D eigenvalue weighted by Crippen LogP contribution is -2.18. The Labute approximate surface area is 122 Å². The van der Waals surface area contributed by atoms with E-state index in [1.54, 1.807) is 12.1 Å². The monoisotopic (exact) mass is 307 g/mol. The normalized spacial score (nSPS) is 11.3. The third-order valence-corrected chi connectivity index (χ3v) is 2.92. The van der Waals surface area contributed by atoms with Gasteiger partial charge in [-0.05, 0) is 19.0 Å². The zero-order valence-electron chi connectivity index (χ0n) is 12.3. The number of hydrogen-bond donors (Lipinski definition) is 1. The molecule has 7 heteroatoms. The molecule has 0 saturated heterocycles. The number of alkyl halides is 3. The van der Waals surface area contributed by atoms with Crippen LogP contribution in [-0.2, 0) is 6.54 Å². The van der Waals surface area contributed by atoms with E-state index in [0.717, 1.165) is 5.56 Å². The van der Waals surface area contributed by atoms with E-state index >= 15 is 0 Å². The van der Waals surface area contributed by atoms with Crippen LogP contribution in [0.5, 0.6) is 17.2 Å². The largest absolute Gasteiger partial charge is 0.496 e. The van der Waals surface area contributed by atoms with Crippen molar-refractivity contribution < 1.29 is 27.4 Å². The highest BCUT2D eigenvalue weighted by atomic mass is 19.4. The van der Waals surface area contributed by atoms with Gasteiger partial charge in [0.15, 0.2) is 11.5 Å². The molecule has 0 unspecified atom stereocenters. The van der Waals surface area contributed by atoms with Crippen molar-refractivity contribution in [2.45, 2.75) is 25.6 Å². The molecule has 0 saturated carbocycles. The van der Waals surface area contributed by atoms with E-state index in [9.17, 15) is 13.2 Å². The first kappa shape index (κ1) is 17.4. The van der Waals surface area contributed by atoms with Crippen LogP contribution in [0.3, 0.4) is 0 Å². The van der Waals surface area contributed by atoms with Gasteiger partial charge in [-0.2, -0.15) is 13.2 Å². The first-order valence-corrected chi connectivity index (χ1v) is 6.47. The maximum absolute atomic E-state index is 12.0. The average molecular weight is 307 g/mol. The molecule has 0 fully saturated rings. The molecule has 0 aliphatic heterocycles. The fourth-order valence-electron chi connectivity index (χ4n) is 1.87. The maximum atomic E-state index is 12.0. The van der Waals surface area contributed by atoms with Crippen LogP contribution in [-0.4, -0.2) is 34.1 Å². The second-order valence-electron chi connectivity index (χ2n) is 4.41. The summed E-state index contributed by atoms with van der Waals surface area (Å²) >= 11 is 0. The zero-order valence-corrected chi connectivity index (χ0v) is 12.3. The third kappa shape index (κ3) is 5.71. The van der Waals surface area contributed by atoms with E-state index in [0.29, 0.717) is 23.8 Å². The number of nitrogens with one attached hydrogen (secondary N) is 1. The van der Waals surface area contributed by atoms with Crippen LogP contribution in [0.1, 0.15) is 18.4 Å². The van der Waals surface area contributed by atoms with Crippen molar-refractivity contribution in [3.8, 4) is 17.2 Å². The van der Waals surface area contributed by atoms with E-state index in [4.69, 9.17) is 14.2 Å². The fourth-order valence-corrected chi connectivity index (χ4v) is 1.87. The summed E-state index contributed by atoms with van der Waals surface area (Å²) in [6.45, 7) is 0.665. The summed E-state index contributed by atoms with van der Waals surface area (Å²) in [4.78, 5) is 0. The van der Waals surface area contributed by atoms with Gasteiger partial charge in [0.1, 0.15) is 5.75 Å². The molecule has 0 aromatic heterocycles. The Morgan fingerprint density at radius 2 is 1.52 bits per heavy atom. The molecule has 0 radical (unpaired) electrons. The van der Waals surface area contributed by atoms with Crippen LogP contribution in [0.2, 0.25) is 0 Å². The quantitative estimate of drug-likeness (QED) is 0.749. The van der Waals surface area contributed by atoms with Gasteiger partial charge in [0, 0.05) is 24.6 Å². The number of rotatable bonds is 8. The van der Waals surface area contributed by atoms with Gasteiger partial charge in [-0.25, -0.2) is 0 Å². The Morgan fingerprint density at radius 1 is 0.952 bits per heavy atom. The molecule has 1 aromatic carbocycles. The molecule has 0 atom stereocenters. The average Bonchev–Trinajstić information content (AvgIpc) is 2.44. The molecule has 0 heterocycles. The second kappa shape index (κ2) is 7.97. The van der Waals surface area contributed by atoms with Crippen molar-refractivity contribution >= 4 is 0 Å². The molecule has 21 heavy (non-hydrogen) atoms. The summed E-state index contributed by atoms with van der Waals surface area (Å²) < 4.78 is 51.7. The van der Waals surface area contributed by atoms with Gasteiger partial charge in [0.2, 0.25) is 0 Å². The molecule has 1 aromatic rings. The molecule has 0 aliphatic carbocycles. The summed E-state index contributed by atoms with van der Waals surface area (Å²) in [5.41, 5.74) is 0.794. The van der Waals surface area contributed by atoms with E-state index in [1.165, 1.54) is 21.3 Å². The Kier molecular flexibility index (Phi) is 6.61. The minimum Gasteiger partial charge on any atom is -0.496 e. The van der Waals surface area contributed by atoms with Crippen molar-refractivity contribution in [2.75, 3.05) is 27.9 Å². The maximum Gasteiger partial charge on any atom is 0.389 e. The topological polar surface area (TPSA) is 39.7 Å². The van der Waals surface area contributed by atoms with E-state index < -0.39 is 12.6 Å². The summed E-state index contributed by atoms with van der Waals surface area (Å²) in [7, 11) is 4.56. The summed E-state index contributed by atoms with van der Waals surface area (Å²) in [5.74, 6) is 1.68. The Bertz CT molecular complexity index is 450. The zero-order chi connectivity index (χ0) is 15.9. The van der Waals surface area contributed by atoms with Crippen molar-refractivity contribution in [1.82, 2.24) is 5.32 Å². The summed E-state index contributed by atoms with van der Waals surface area (Å²) in [6, 6.07) is 3.43. The van der Waals surface area contributed by atoms with Crippen LogP contribution in [0.15, 0.2) is 12.1 Å². The lowest BCUT2D eigenvalue weighted by Gasteiger charge is -2.14. The van der Waals surface area contributed by atoms with Crippen LogP contribution < -0.4 is 19.5 Å². The fraction of sp³-hybridized carbons (Fsp3) is 0.571. The highest BCUT2D eigenvalue weighted by Gasteiger charge is 2.25. The Morgan fingerprint density at radius 3 is 2.05 bits per heavy atom. The van der Waals surface area contributed by atoms with Crippen molar-refractivity contribution in [3.05, 3.63) is 17.7 Å². The van der Waals surface area contributed by atoms with Gasteiger partial charge in [0.05, 0.1) is 21.3 Å². The molecule has 120 valence electrons. The van der Waals surface area contributed by atoms with Crippen LogP contribution in [0.25, 0.3) is 0 Å². The lowest BCUT2D eigenvalue weighted by molar-refractivity contribution is -0.135. The van der Waals surface area contributed by atoms with Gasteiger partial charge in [-0.15, -0.1) is 0 Å². The SMILES string of the molecule is COc1cc(OC)c(OC)cc1CNCCCC(F)(F)F. The van der Waals surface area contributed by atoms with Gasteiger partial charge in [0.25, 0.3) is 0 Å². The van der Waals surface area contributed by atoms with Gasteiger partial charge in [-0.1, -0.05) is 0 Å². The van der Waals surface area contributed by atoms with E-state index in [-0.39, 0.29) is 13.0 Å². The number of halogens is 3. The second-order valence-corrected chi connectivity index (χ2v) is 4.41. The molecular formula is C14H20F3NO3. The molecule has 0 amide bonds. The minimum absolute atomic E-state index is 0.0408. The molecule has 1 N–H and O–H groups in total.